The molecule has 2 N–H and O–H groups in total. The van der Waals surface area contributed by atoms with Gasteiger partial charge in [-0.05, 0) is 30.5 Å². The van der Waals surface area contributed by atoms with Gasteiger partial charge < -0.3 is 15.4 Å². The summed E-state index contributed by atoms with van der Waals surface area (Å²) < 4.78 is 4.96. The van der Waals surface area contributed by atoms with Crippen molar-refractivity contribution in [3.63, 3.8) is 0 Å². The number of aryl methyl sites for hydroxylation is 2. The topological polar surface area (TPSA) is 33.3 Å². The molecule has 0 bridgehead atoms. The first-order valence-electron chi connectivity index (χ1n) is 6.20. The summed E-state index contributed by atoms with van der Waals surface area (Å²) in [6.07, 6.45) is 0. The molecule has 0 spiro atoms. The Kier molecular flexibility index (Phi) is 6.86. The van der Waals surface area contributed by atoms with Crippen molar-refractivity contribution in [3.8, 4) is 0 Å². The highest BCUT2D eigenvalue weighted by Crippen LogP contribution is 2.09. The molecule has 0 saturated carbocycles. The molecule has 0 unspecified atom stereocenters. The summed E-state index contributed by atoms with van der Waals surface area (Å²) in [6, 6.07) is 6.62. The average molecular weight is 236 g/mol. The zero-order valence-corrected chi connectivity index (χ0v) is 11.2. The lowest BCUT2D eigenvalue weighted by atomic mass is 10.1. The number of hydrogen-bond donors (Lipinski definition) is 2. The highest BCUT2D eigenvalue weighted by Gasteiger charge is 1.96. The first kappa shape index (κ1) is 14.2. The van der Waals surface area contributed by atoms with Crippen LogP contribution in [-0.4, -0.2) is 33.4 Å². The van der Waals surface area contributed by atoms with Crippen LogP contribution in [0.15, 0.2) is 18.2 Å². The molecule has 3 nitrogen and oxygen atoms in total. The van der Waals surface area contributed by atoms with Crippen LogP contribution >= 0.6 is 0 Å². The minimum Gasteiger partial charge on any atom is -0.383 e. The number of ether oxygens (including phenoxy) is 1. The minimum absolute atomic E-state index is 0.775. The summed E-state index contributed by atoms with van der Waals surface area (Å²) in [5, 5.41) is 6.73. The first-order valence-corrected chi connectivity index (χ1v) is 6.20. The molecule has 17 heavy (non-hydrogen) atoms. The van der Waals surface area contributed by atoms with Crippen molar-refractivity contribution < 1.29 is 4.74 Å². The van der Waals surface area contributed by atoms with E-state index in [-0.39, 0.29) is 0 Å². The van der Waals surface area contributed by atoms with Crippen LogP contribution in [0.3, 0.4) is 0 Å². The number of rotatable bonds is 8. The lowest BCUT2D eigenvalue weighted by molar-refractivity contribution is 0.199. The smallest absolute Gasteiger partial charge is 0.0587 e. The second-order valence-electron chi connectivity index (χ2n) is 4.34. The fourth-order valence-corrected chi connectivity index (χ4v) is 1.62. The Morgan fingerprint density at radius 3 is 2.47 bits per heavy atom. The molecule has 3 heteroatoms. The van der Waals surface area contributed by atoms with E-state index in [1.807, 2.05) is 0 Å². The molecule has 0 aliphatic carbocycles. The highest BCUT2D eigenvalue weighted by molar-refractivity contribution is 5.29. The van der Waals surface area contributed by atoms with E-state index in [0.29, 0.717) is 0 Å². The first-order chi connectivity index (χ1) is 8.24. The van der Waals surface area contributed by atoms with Gasteiger partial charge in [-0.3, -0.25) is 0 Å². The van der Waals surface area contributed by atoms with Gasteiger partial charge in [0.25, 0.3) is 0 Å². The van der Waals surface area contributed by atoms with Gasteiger partial charge in [0.15, 0.2) is 0 Å². The van der Waals surface area contributed by atoms with Crippen molar-refractivity contribution in [1.29, 1.82) is 0 Å². The summed E-state index contributed by atoms with van der Waals surface area (Å²) in [5.41, 5.74) is 4.07. The van der Waals surface area contributed by atoms with Gasteiger partial charge in [0.1, 0.15) is 0 Å². The zero-order chi connectivity index (χ0) is 12.5. The Hall–Kier alpha value is -0.900. The fraction of sp³-hybridized carbons (Fsp3) is 0.571. The van der Waals surface area contributed by atoms with Crippen LogP contribution in [-0.2, 0) is 11.3 Å². The van der Waals surface area contributed by atoms with Gasteiger partial charge in [0.2, 0.25) is 0 Å². The van der Waals surface area contributed by atoms with Crippen molar-refractivity contribution in [3.05, 3.63) is 34.9 Å². The van der Waals surface area contributed by atoms with E-state index in [2.05, 4.69) is 42.7 Å². The van der Waals surface area contributed by atoms with Crippen molar-refractivity contribution in [2.45, 2.75) is 20.4 Å². The molecule has 1 aromatic rings. The summed E-state index contributed by atoms with van der Waals surface area (Å²) in [4.78, 5) is 0. The van der Waals surface area contributed by atoms with Crippen molar-refractivity contribution in [1.82, 2.24) is 10.6 Å². The van der Waals surface area contributed by atoms with E-state index in [1.165, 1.54) is 16.7 Å². The molecule has 96 valence electrons. The van der Waals surface area contributed by atoms with Crippen LogP contribution in [0.25, 0.3) is 0 Å². The second-order valence-corrected chi connectivity index (χ2v) is 4.34. The van der Waals surface area contributed by atoms with E-state index in [9.17, 15) is 0 Å². The summed E-state index contributed by atoms with van der Waals surface area (Å²) in [7, 11) is 1.72. The summed E-state index contributed by atoms with van der Waals surface area (Å²) >= 11 is 0. The van der Waals surface area contributed by atoms with E-state index in [0.717, 1.165) is 32.8 Å². The SMILES string of the molecule is COCCNCCNCc1ccc(C)c(C)c1. The molecule has 0 aromatic heterocycles. The lowest BCUT2D eigenvalue weighted by Crippen LogP contribution is -2.29. The Bertz CT molecular complexity index is 326. The van der Waals surface area contributed by atoms with Crippen LogP contribution in [0.2, 0.25) is 0 Å². The Balaban J connectivity index is 2.11. The number of nitrogens with one attached hydrogen (secondary N) is 2. The van der Waals surface area contributed by atoms with Gasteiger partial charge in [0, 0.05) is 33.3 Å². The highest BCUT2D eigenvalue weighted by atomic mass is 16.5. The van der Waals surface area contributed by atoms with E-state index in [1.54, 1.807) is 7.11 Å². The van der Waals surface area contributed by atoms with Gasteiger partial charge in [-0.25, -0.2) is 0 Å². The fourth-order valence-electron chi connectivity index (χ4n) is 1.62. The standard InChI is InChI=1S/C14H24N2O/c1-12-4-5-14(10-13(12)2)11-16-7-6-15-8-9-17-3/h4-5,10,15-16H,6-9,11H2,1-3H3. The average Bonchev–Trinajstić information content (AvgIpc) is 2.32. The maximum atomic E-state index is 4.96. The third-order valence-electron chi connectivity index (χ3n) is 2.86. The third kappa shape index (κ3) is 5.82. The Morgan fingerprint density at radius 2 is 1.76 bits per heavy atom. The zero-order valence-electron chi connectivity index (χ0n) is 11.2. The van der Waals surface area contributed by atoms with Gasteiger partial charge in [-0.2, -0.15) is 0 Å². The predicted octanol–water partition coefficient (Wildman–Crippen LogP) is 1.63. The van der Waals surface area contributed by atoms with Crippen molar-refractivity contribution in [2.75, 3.05) is 33.4 Å². The quantitative estimate of drug-likeness (QED) is 0.673. The van der Waals surface area contributed by atoms with Crippen molar-refractivity contribution >= 4 is 0 Å². The molecule has 0 aliphatic heterocycles. The van der Waals surface area contributed by atoms with Crippen LogP contribution in [0, 0.1) is 13.8 Å². The lowest BCUT2D eigenvalue weighted by Gasteiger charge is -2.08. The number of hydrogen-bond acceptors (Lipinski definition) is 3. The van der Waals surface area contributed by atoms with E-state index < -0.39 is 0 Å². The molecular formula is C14H24N2O. The van der Waals surface area contributed by atoms with Crippen LogP contribution < -0.4 is 10.6 Å². The molecule has 0 fully saturated rings. The van der Waals surface area contributed by atoms with Gasteiger partial charge >= 0.3 is 0 Å². The van der Waals surface area contributed by atoms with E-state index in [4.69, 9.17) is 4.74 Å². The monoisotopic (exact) mass is 236 g/mol. The molecule has 0 saturated heterocycles. The maximum Gasteiger partial charge on any atom is 0.0587 e. The maximum absolute atomic E-state index is 4.96. The predicted molar refractivity (Wildman–Crippen MR) is 72.4 cm³/mol. The Morgan fingerprint density at radius 1 is 1.00 bits per heavy atom. The van der Waals surface area contributed by atoms with Crippen LogP contribution in [0.4, 0.5) is 0 Å². The molecule has 1 aromatic carbocycles. The van der Waals surface area contributed by atoms with Crippen LogP contribution in [0.5, 0.6) is 0 Å². The molecule has 0 heterocycles. The number of methoxy groups -OCH3 is 1. The second kappa shape index (κ2) is 8.23. The normalized spacial score (nSPS) is 10.8. The molecule has 0 radical (unpaired) electrons. The number of benzene rings is 1. The van der Waals surface area contributed by atoms with Gasteiger partial charge in [-0.1, -0.05) is 18.2 Å². The van der Waals surface area contributed by atoms with Gasteiger partial charge in [0.05, 0.1) is 6.61 Å². The van der Waals surface area contributed by atoms with Crippen LogP contribution in [0.1, 0.15) is 16.7 Å². The van der Waals surface area contributed by atoms with Crippen molar-refractivity contribution in [2.24, 2.45) is 0 Å². The summed E-state index contributed by atoms with van der Waals surface area (Å²) in [5.74, 6) is 0. The van der Waals surface area contributed by atoms with Gasteiger partial charge in [-0.15, -0.1) is 0 Å². The molecule has 0 atom stereocenters. The third-order valence-corrected chi connectivity index (χ3v) is 2.86. The molecular weight excluding hydrogens is 212 g/mol. The Labute approximate surface area is 105 Å². The molecule has 0 amide bonds. The molecule has 1 rings (SSSR count). The minimum atomic E-state index is 0.775. The summed E-state index contributed by atoms with van der Waals surface area (Å²) in [6.45, 7) is 8.90. The van der Waals surface area contributed by atoms with E-state index >= 15 is 0 Å². The largest absolute Gasteiger partial charge is 0.383 e. The molecule has 0 aliphatic rings.